The number of ether oxygens (including phenoxy) is 1. The molecule has 0 aromatic rings. The Bertz CT molecular complexity index is 252. The highest BCUT2D eigenvalue weighted by molar-refractivity contribution is 7.99. The minimum atomic E-state index is -0.537. The first-order valence-corrected chi connectivity index (χ1v) is 7.76. The van der Waals surface area contributed by atoms with Crippen molar-refractivity contribution in [3.05, 3.63) is 0 Å². The molecule has 1 atom stereocenters. The summed E-state index contributed by atoms with van der Waals surface area (Å²) in [7, 11) is 0. The second-order valence-corrected chi connectivity index (χ2v) is 7.33. The maximum Gasteiger partial charge on any atom is 0.0815 e. The third-order valence-electron chi connectivity index (χ3n) is 3.75. The average molecular weight is 259 g/mol. The monoisotopic (exact) mass is 259 g/mol. The van der Waals surface area contributed by atoms with E-state index in [0.717, 1.165) is 19.4 Å². The van der Waals surface area contributed by atoms with Gasteiger partial charge < -0.3 is 15.2 Å². The molecule has 2 heterocycles. The van der Waals surface area contributed by atoms with Crippen molar-refractivity contribution in [1.29, 1.82) is 0 Å². The van der Waals surface area contributed by atoms with Crippen LogP contribution in [-0.2, 0) is 4.74 Å². The van der Waals surface area contributed by atoms with E-state index in [1.165, 1.54) is 17.9 Å². The minimum Gasteiger partial charge on any atom is -0.388 e. The Balaban J connectivity index is 1.77. The summed E-state index contributed by atoms with van der Waals surface area (Å²) in [6.07, 6.45) is 2.75. The molecular formula is C13H25NO2S. The lowest BCUT2D eigenvalue weighted by Crippen LogP contribution is -2.50. The Kier molecular flexibility index (Phi) is 4.40. The van der Waals surface area contributed by atoms with Gasteiger partial charge in [0, 0.05) is 44.4 Å². The normalized spacial score (nSPS) is 32.3. The smallest absolute Gasteiger partial charge is 0.0815 e. The number of thioether (sulfide) groups is 1. The van der Waals surface area contributed by atoms with Crippen molar-refractivity contribution in [3.63, 3.8) is 0 Å². The molecule has 100 valence electrons. The molecule has 0 radical (unpaired) electrons. The van der Waals surface area contributed by atoms with Crippen LogP contribution >= 0.6 is 11.8 Å². The molecule has 0 amide bonds. The van der Waals surface area contributed by atoms with E-state index in [1.807, 2.05) is 11.8 Å². The highest BCUT2D eigenvalue weighted by atomic mass is 32.2. The fourth-order valence-electron chi connectivity index (χ4n) is 2.66. The molecule has 17 heavy (non-hydrogen) atoms. The number of hydrogen-bond donors (Lipinski definition) is 2. The van der Waals surface area contributed by atoms with Crippen molar-refractivity contribution in [2.24, 2.45) is 5.41 Å². The Morgan fingerprint density at radius 2 is 2.06 bits per heavy atom. The second-order valence-electron chi connectivity index (χ2n) is 6.30. The summed E-state index contributed by atoms with van der Waals surface area (Å²) >= 11 is 2.03. The Hall–Kier alpha value is 0.230. The van der Waals surface area contributed by atoms with Crippen molar-refractivity contribution < 1.29 is 9.84 Å². The second kappa shape index (κ2) is 5.47. The molecule has 0 aromatic carbocycles. The lowest BCUT2D eigenvalue weighted by Gasteiger charge is -2.38. The lowest BCUT2D eigenvalue weighted by atomic mass is 9.87. The third-order valence-corrected chi connectivity index (χ3v) is 5.38. The van der Waals surface area contributed by atoms with Crippen LogP contribution in [0.15, 0.2) is 0 Å². The van der Waals surface area contributed by atoms with E-state index in [2.05, 4.69) is 19.2 Å². The molecule has 2 N–H and O–H groups in total. The number of hydrogen-bond acceptors (Lipinski definition) is 4. The Labute approximate surface area is 109 Å². The first-order chi connectivity index (χ1) is 7.99. The molecule has 2 fully saturated rings. The SMILES string of the molecule is CC1(C)CSCC(NCC2(O)CCOCC2)C1. The van der Waals surface area contributed by atoms with E-state index in [-0.39, 0.29) is 0 Å². The van der Waals surface area contributed by atoms with Gasteiger partial charge in [0.05, 0.1) is 5.60 Å². The van der Waals surface area contributed by atoms with Crippen molar-refractivity contribution >= 4 is 11.8 Å². The molecule has 0 aliphatic carbocycles. The number of nitrogens with one attached hydrogen (secondary N) is 1. The summed E-state index contributed by atoms with van der Waals surface area (Å²) in [6, 6.07) is 0.551. The maximum absolute atomic E-state index is 10.4. The molecule has 2 rings (SSSR count). The van der Waals surface area contributed by atoms with Crippen LogP contribution < -0.4 is 5.32 Å². The van der Waals surface area contributed by atoms with E-state index in [4.69, 9.17) is 4.74 Å². The zero-order valence-corrected chi connectivity index (χ0v) is 11.8. The summed E-state index contributed by atoms with van der Waals surface area (Å²) in [5.74, 6) is 2.43. The minimum absolute atomic E-state index is 0.429. The van der Waals surface area contributed by atoms with Gasteiger partial charge in [0.15, 0.2) is 0 Å². The van der Waals surface area contributed by atoms with Gasteiger partial charge in [-0.05, 0) is 17.6 Å². The van der Waals surface area contributed by atoms with Gasteiger partial charge in [0.2, 0.25) is 0 Å². The van der Waals surface area contributed by atoms with Crippen LogP contribution in [0.4, 0.5) is 0 Å². The van der Waals surface area contributed by atoms with Crippen molar-refractivity contribution in [3.8, 4) is 0 Å². The first-order valence-electron chi connectivity index (χ1n) is 6.60. The van der Waals surface area contributed by atoms with E-state index in [0.29, 0.717) is 24.7 Å². The molecule has 2 saturated heterocycles. The van der Waals surface area contributed by atoms with Crippen LogP contribution in [0.25, 0.3) is 0 Å². The number of aliphatic hydroxyl groups is 1. The summed E-state index contributed by atoms with van der Waals surface area (Å²) in [6.45, 7) is 6.78. The highest BCUT2D eigenvalue weighted by Gasteiger charge is 2.33. The van der Waals surface area contributed by atoms with Crippen LogP contribution in [-0.4, -0.2) is 48.0 Å². The van der Waals surface area contributed by atoms with E-state index < -0.39 is 5.60 Å². The van der Waals surface area contributed by atoms with Crippen LogP contribution in [0, 0.1) is 5.41 Å². The number of rotatable bonds is 3. The molecule has 4 heteroatoms. The lowest BCUT2D eigenvalue weighted by molar-refractivity contribution is -0.0629. The summed E-state index contributed by atoms with van der Waals surface area (Å²) in [4.78, 5) is 0. The van der Waals surface area contributed by atoms with Gasteiger partial charge in [-0.3, -0.25) is 0 Å². The summed E-state index contributed by atoms with van der Waals surface area (Å²) in [5.41, 5.74) is -0.108. The molecule has 0 saturated carbocycles. The topological polar surface area (TPSA) is 41.5 Å². The molecule has 2 aliphatic rings. The summed E-state index contributed by atoms with van der Waals surface area (Å²) < 4.78 is 5.30. The quantitative estimate of drug-likeness (QED) is 0.809. The molecular weight excluding hydrogens is 234 g/mol. The van der Waals surface area contributed by atoms with Crippen molar-refractivity contribution in [2.45, 2.75) is 44.8 Å². The largest absolute Gasteiger partial charge is 0.388 e. The maximum atomic E-state index is 10.4. The third kappa shape index (κ3) is 4.12. The predicted octanol–water partition coefficient (Wildman–Crippen LogP) is 1.65. The Morgan fingerprint density at radius 1 is 1.35 bits per heavy atom. The predicted molar refractivity (Wildman–Crippen MR) is 72.5 cm³/mol. The standard InChI is InChI=1S/C13H25NO2S/c1-12(2)7-11(8-17-10-12)14-9-13(15)3-5-16-6-4-13/h11,14-15H,3-10H2,1-2H3. The average Bonchev–Trinajstić information content (AvgIpc) is 2.26. The van der Waals surface area contributed by atoms with E-state index in [9.17, 15) is 5.11 Å². The van der Waals surface area contributed by atoms with Gasteiger partial charge in [-0.2, -0.15) is 11.8 Å². The zero-order valence-electron chi connectivity index (χ0n) is 11.0. The zero-order chi connectivity index (χ0) is 12.4. The van der Waals surface area contributed by atoms with Gasteiger partial charge in [-0.15, -0.1) is 0 Å². The van der Waals surface area contributed by atoms with Gasteiger partial charge >= 0.3 is 0 Å². The summed E-state index contributed by atoms with van der Waals surface area (Å²) in [5, 5.41) is 13.9. The molecule has 1 unspecified atom stereocenters. The Morgan fingerprint density at radius 3 is 2.71 bits per heavy atom. The van der Waals surface area contributed by atoms with Crippen LogP contribution in [0.2, 0.25) is 0 Å². The van der Waals surface area contributed by atoms with E-state index >= 15 is 0 Å². The van der Waals surface area contributed by atoms with Gasteiger partial charge in [0.1, 0.15) is 0 Å². The van der Waals surface area contributed by atoms with Gasteiger partial charge in [-0.25, -0.2) is 0 Å². The molecule has 0 aromatic heterocycles. The highest BCUT2D eigenvalue weighted by Crippen LogP contribution is 2.33. The molecule has 2 aliphatic heterocycles. The van der Waals surface area contributed by atoms with Gasteiger partial charge in [-0.1, -0.05) is 13.8 Å². The van der Waals surface area contributed by atoms with Crippen molar-refractivity contribution in [1.82, 2.24) is 5.32 Å². The fraction of sp³-hybridized carbons (Fsp3) is 1.00. The van der Waals surface area contributed by atoms with Crippen molar-refractivity contribution in [2.75, 3.05) is 31.3 Å². The van der Waals surface area contributed by atoms with Crippen LogP contribution in [0.3, 0.4) is 0 Å². The first kappa shape index (κ1) is 13.7. The molecule has 0 bridgehead atoms. The van der Waals surface area contributed by atoms with E-state index in [1.54, 1.807) is 0 Å². The molecule has 3 nitrogen and oxygen atoms in total. The van der Waals surface area contributed by atoms with Crippen LogP contribution in [0.5, 0.6) is 0 Å². The fourth-order valence-corrected chi connectivity index (χ4v) is 3.96. The van der Waals surface area contributed by atoms with Crippen LogP contribution in [0.1, 0.15) is 33.1 Å². The molecule has 0 spiro atoms. The van der Waals surface area contributed by atoms with Gasteiger partial charge in [0.25, 0.3) is 0 Å².